The molecular formula is C13H15FN2OS. The van der Waals surface area contributed by atoms with Gasteiger partial charge in [0.15, 0.2) is 0 Å². The van der Waals surface area contributed by atoms with E-state index in [2.05, 4.69) is 9.59 Å². The van der Waals surface area contributed by atoms with E-state index in [9.17, 15) is 9.50 Å². The summed E-state index contributed by atoms with van der Waals surface area (Å²) < 4.78 is 17.6. The standard InChI is InChI=1S/C13H15FN2OS/c1-7(2)11-13(18-16-15-11)12(17)9-6-8(3)4-5-10(9)14/h4-7,12,17H,1-3H3. The maximum atomic E-state index is 13.7. The SMILES string of the molecule is Cc1ccc(F)c(C(O)c2snnc2C(C)C)c1. The Kier molecular flexibility index (Phi) is 3.73. The van der Waals surface area contributed by atoms with Crippen LogP contribution in [0.2, 0.25) is 0 Å². The Morgan fingerprint density at radius 2 is 2.06 bits per heavy atom. The first-order chi connectivity index (χ1) is 8.50. The van der Waals surface area contributed by atoms with Crippen molar-refractivity contribution in [2.45, 2.75) is 32.8 Å². The second-order valence-electron chi connectivity index (χ2n) is 4.60. The molecule has 1 heterocycles. The van der Waals surface area contributed by atoms with Gasteiger partial charge in [-0.2, -0.15) is 0 Å². The minimum Gasteiger partial charge on any atom is -0.383 e. The molecule has 1 atom stereocenters. The molecule has 96 valence electrons. The third kappa shape index (κ3) is 2.42. The van der Waals surface area contributed by atoms with Gasteiger partial charge in [-0.3, -0.25) is 0 Å². The average molecular weight is 266 g/mol. The fourth-order valence-corrected chi connectivity index (χ4v) is 2.62. The summed E-state index contributed by atoms with van der Waals surface area (Å²) in [6, 6.07) is 4.71. The monoisotopic (exact) mass is 266 g/mol. The smallest absolute Gasteiger partial charge is 0.129 e. The number of aliphatic hydroxyl groups excluding tert-OH is 1. The van der Waals surface area contributed by atoms with Gasteiger partial charge in [0.25, 0.3) is 0 Å². The van der Waals surface area contributed by atoms with Crippen LogP contribution < -0.4 is 0 Å². The molecule has 0 radical (unpaired) electrons. The summed E-state index contributed by atoms with van der Waals surface area (Å²) in [6.45, 7) is 5.81. The number of hydrogen-bond donors (Lipinski definition) is 1. The Labute approximate surface area is 109 Å². The van der Waals surface area contributed by atoms with Crippen molar-refractivity contribution in [2.75, 3.05) is 0 Å². The van der Waals surface area contributed by atoms with E-state index >= 15 is 0 Å². The quantitative estimate of drug-likeness (QED) is 0.928. The molecule has 2 aromatic rings. The van der Waals surface area contributed by atoms with E-state index in [1.807, 2.05) is 20.8 Å². The van der Waals surface area contributed by atoms with Gasteiger partial charge in [0.2, 0.25) is 0 Å². The maximum Gasteiger partial charge on any atom is 0.129 e. The molecule has 1 aromatic carbocycles. The van der Waals surface area contributed by atoms with Crippen LogP contribution in [-0.4, -0.2) is 14.7 Å². The fourth-order valence-electron chi connectivity index (χ4n) is 1.81. The number of aromatic nitrogens is 2. The molecule has 0 bridgehead atoms. The van der Waals surface area contributed by atoms with E-state index in [1.165, 1.54) is 6.07 Å². The molecular weight excluding hydrogens is 251 g/mol. The van der Waals surface area contributed by atoms with E-state index in [0.717, 1.165) is 22.8 Å². The molecule has 0 aliphatic rings. The van der Waals surface area contributed by atoms with Gasteiger partial charge in [-0.15, -0.1) is 5.10 Å². The number of aliphatic hydroxyl groups is 1. The van der Waals surface area contributed by atoms with Crippen molar-refractivity contribution >= 4 is 11.5 Å². The van der Waals surface area contributed by atoms with Crippen LogP contribution in [0.5, 0.6) is 0 Å². The second kappa shape index (κ2) is 5.12. The number of rotatable bonds is 3. The molecule has 1 unspecified atom stereocenters. The molecule has 0 aliphatic heterocycles. The first kappa shape index (κ1) is 13.1. The van der Waals surface area contributed by atoms with Crippen LogP contribution in [-0.2, 0) is 0 Å². The number of hydrogen-bond acceptors (Lipinski definition) is 4. The zero-order valence-corrected chi connectivity index (χ0v) is 11.3. The molecule has 18 heavy (non-hydrogen) atoms. The van der Waals surface area contributed by atoms with Gasteiger partial charge >= 0.3 is 0 Å². The van der Waals surface area contributed by atoms with Crippen molar-refractivity contribution in [1.82, 2.24) is 9.59 Å². The molecule has 0 amide bonds. The summed E-state index contributed by atoms with van der Waals surface area (Å²) >= 11 is 1.12. The van der Waals surface area contributed by atoms with Gasteiger partial charge < -0.3 is 5.11 Å². The van der Waals surface area contributed by atoms with E-state index in [1.54, 1.807) is 12.1 Å². The van der Waals surface area contributed by atoms with Crippen LogP contribution >= 0.6 is 11.5 Å². The van der Waals surface area contributed by atoms with Crippen molar-refractivity contribution < 1.29 is 9.50 Å². The molecule has 0 aliphatic carbocycles. The summed E-state index contributed by atoms with van der Waals surface area (Å²) in [7, 11) is 0. The highest BCUT2D eigenvalue weighted by Gasteiger charge is 2.23. The fraction of sp³-hybridized carbons (Fsp3) is 0.385. The van der Waals surface area contributed by atoms with Crippen molar-refractivity contribution in [3.05, 3.63) is 45.7 Å². The third-order valence-corrected chi connectivity index (χ3v) is 3.57. The van der Waals surface area contributed by atoms with Crippen LogP contribution in [0.15, 0.2) is 18.2 Å². The molecule has 0 saturated carbocycles. The number of nitrogens with zero attached hydrogens (tertiary/aromatic N) is 2. The molecule has 0 saturated heterocycles. The van der Waals surface area contributed by atoms with Crippen LogP contribution in [0.25, 0.3) is 0 Å². The minimum absolute atomic E-state index is 0.154. The number of benzene rings is 1. The van der Waals surface area contributed by atoms with E-state index in [4.69, 9.17) is 0 Å². The Hall–Kier alpha value is -1.33. The van der Waals surface area contributed by atoms with Gasteiger partial charge in [-0.05, 0) is 30.4 Å². The van der Waals surface area contributed by atoms with Gasteiger partial charge in [0.1, 0.15) is 11.9 Å². The lowest BCUT2D eigenvalue weighted by Crippen LogP contribution is -2.05. The topological polar surface area (TPSA) is 46.0 Å². The normalized spacial score (nSPS) is 13.0. The largest absolute Gasteiger partial charge is 0.383 e. The predicted molar refractivity (Wildman–Crippen MR) is 69.2 cm³/mol. The zero-order chi connectivity index (χ0) is 13.3. The number of aryl methyl sites for hydroxylation is 1. The van der Waals surface area contributed by atoms with E-state index in [-0.39, 0.29) is 11.5 Å². The average Bonchev–Trinajstić information content (AvgIpc) is 2.80. The van der Waals surface area contributed by atoms with Crippen LogP contribution in [0, 0.1) is 12.7 Å². The lowest BCUT2D eigenvalue weighted by molar-refractivity contribution is 0.217. The Balaban J connectivity index is 2.44. The van der Waals surface area contributed by atoms with Crippen molar-refractivity contribution in [2.24, 2.45) is 0 Å². The van der Waals surface area contributed by atoms with E-state index < -0.39 is 11.9 Å². The van der Waals surface area contributed by atoms with Gasteiger partial charge in [-0.1, -0.05) is 36.0 Å². The van der Waals surface area contributed by atoms with Crippen molar-refractivity contribution in [1.29, 1.82) is 0 Å². The van der Waals surface area contributed by atoms with Crippen LogP contribution in [0.4, 0.5) is 4.39 Å². The van der Waals surface area contributed by atoms with E-state index in [0.29, 0.717) is 4.88 Å². The summed E-state index contributed by atoms with van der Waals surface area (Å²) in [5, 5.41) is 14.3. The summed E-state index contributed by atoms with van der Waals surface area (Å²) in [5.74, 6) is -0.252. The first-order valence-corrected chi connectivity index (χ1v) is 6.54. The predicted octanol–water partition coefficient (Wildman–Crippen LogP) is 3.19. The highest BCUT2D eigenvalue weighted by molar-refractivity contribution is 7.05. The van der Waals surface area contributed by atoms with Crippen molar-refractivity contribution in [3.63, 3.8) is 0 Å². The summed E-state index contributed by atoms with van der Waals surface area (Å²) in [5.41, 5.74) is 1.92. The summed E-state index contributed by atoms with van der Waals surface area (Å²) in [6.07, 6.45) is -0.998. The lowest BCUT2D eigenvalue weighted by atomic mass is 10.0. The Morgan fingerprint density at radius 3 is 2.72 bits per heavy atom. The van der Waals surface area contributed by atoms with Gasteiger partial charge in [-0.25, -0.2) is 4.39 Å². The number of halogens is 1. The lowest BCUT2D eigenvalue weighted by Gasteiger charge is -2.13. The maximum absolute atomic E-state index is 13.7. The summed E-state index contributed by atoms with van der Waals surface area (Å²) in [4.78, 5) is 0.620. The minimum atomic E-state index is -0.998. The Morgan fingerprint density at radius 1 is 1.33 bits per heavy atom. The van der Waals surface area contributed by atoms with Gasteiger partial charge in [0, 0.05) is 5.56 Å². The molecule has 3 nitrogen and oxygen atoms in total. The molecule has 2 rings (SSSR count). The highest BCUT2D eigenvalue weighted by atomic mass is 32.1. The molecule has 1 aromatic heterocycles. The first-order valence-electron chi connectivity index (χ1n) is 5.77. The van der Waals surface area contributed by atoms with Crippen LogP contribution in [0.3, 0.4) is 0 Å². The second-order valence-corrected chi connectivity index (χ2v) is 5.39. The zero-order valence-electron chi connectivity index (χ0n) is 10.5. The molecule has 5 heteroatoms. The van der Waals surface area contributed by atoms with Crippen LogP contribution in [0.1, 0.15) is 47.6 Å². The Bertz CT molecular complexity index is 554. The molecule has 1 N–H and O–H groups in total. The molecule has 0 fully saturated rings. The molecule has 0 spiro atoms. The van der Waals surface area contributed by atoms with Crippen molar-refractivity contribution in [3.8, 4) is 0 Å². The highest BCUT2D eigenvalue weighted by Crippen LogP contribution is 2.32. The third-order valence-electron chi connectivity index (χ3n) is 2.78. The van der Waals surface area contributed by atoms with Gasteiger partial charge in [0.05, 0.1) is 10.6 Å².